The van der Waals surface area contributed by atoms with E-state index in [-0.39, 0.29) is 11.7 Å². The van der Waals surface area contributed by atoms with Crippen molar-refractivity contribution >= 4 is 5.97 Å². The number of hydrogen-bond donors (Lipinski definition) is 1. The van der Waals surface area contributed by atoms with Gasteiger partial charge >= 0.3 is 5.97 Å². The van der Waals surface area contributed by atoms with E-state index in [2.05, 4.69) is 10.3 Å². The molecule has 0 unspecified atom stereocenters. The molecule has 1 aromatic heterocycles. The summed E-state index contributed by atoms with van der Waals surface area (Å²) in [5.74, 6) is 0.142. The second-order valence-corrected chi connectivity index (χ2v) is 5.09. The number of aromatic nitrogens is 3. The van der Waals surface area contributed by atoms with E-state index in [1.54, 1.807) is 25.0 Å². The Bertz CT molecular complexity index is 679. The van der Waals surface area contributed by atoms with E-state index in [4.69, 9.17) is 9.47 Å². The highest BCUT2D eigenvalue weighted by Crippen LogP contribution is 2.29. The third kappa shape index (κ3) is 3.03. The number of benzene rings is 1. The number of methoxy groups -OCH3 is 2. The average Bonchev–Trinajstić information content (AvgIpc) is 2.91. The number of nitrogens with zero attached hydrogens (tertiary/aromatic N) is 3. The molecule has 0 bridgehead atoms. The molecule has 2 aromatic rings. The SMILES string of the molecule is COc1ccc(Cc2c(C(=O)O)nnn2C(C)C)cc1OC. The molecular weight excluding hydrogens is 286 g/mol. The monoisotopic (exact) mass is 305 g/mol. The Morgan fingerprint density at radius 1 is 1.27 bits per heavy atom. The lowest BCUT2D eigenvalue weighted by Crippen LogP contribution is -2.11. The predicted octanol–water partition coefficient (Wildman–Crippen LogP) is 2.17. The largest absolute Gasteiger partial charge is 0.493 e. The molecule has 0 radical (unpaired) electrons. The van der Waals surface area contributed by atoms with Crippen molar-refractivity contribution in [3.63, 3.8) is 0 Å². The van der Waals surface area contributed by atoms with Crippen LogP contribution in [-0.2, 0) is 6.42 Å². The average molecular weight is 305 g/mol. The number of rotatable bonds is 6. The Morgan fingerprint density at radius 2 is 1.95 bits per heavy atom. The van der Waals surface area contributed by atoms with Crippen LogP contribution in [0.15, 0.2) is 18.2 Å². The van der Waals surface area contributed by atoms with Gasteiger partial charge in [-0.2, -0.15) is 0 Å². The van der Waals surface area contributed by atoms with Gasteiger partial charge in [-0.05, 0) is 31.5 Å². The van der Waals surface area contributed by atoms with Gasteiger partial charge in [-0.3, -0.25) is 0 Å². The van der Waals surface area contributed by atoms with E-state index in [1.165, 1.54) is 0 Å². The molecule has 0 aliphatic rings. The molecule has 22 heavy (non-hydrogen) atoms. The third-order valence-electron chi connectivity index (χ3n) is 3.30. The Labute approximate surface area is 128 Å². The van der Waals surface area contributed by atoms with E-state index in [9.17, 15) is 9.90 Å². The molecule has 1 aromatic carbocycles. The molecule has 0 aliphatic carbocycles. The summed E-state index contributed by atoms with van der Waals surface area (Å²) in [5.41, 5.74) is 1.43. The minimum Gasteiger partial charge on any atom is -0.493 e. The molecule has 0 amide bonds. The predicted molar refractivity (Wildman–Crippen MR) is 79.7 cm³/mol. The van der Waals surface area contributed by atoms with Crippen molar-refractivity contribution in [2.45, 2.75) is 26.3 Å². The van der Waals surface area contributed by atoms with Crippen LogP contribution in [0.25, 0.3) is 0 Å². The molecule has 7 nitrogen and oxygen atoms in total. The van der Waals surface area contributed by atoms with Gasteiger partial charge in [-0.15, -0.1) is 5.10 Å². The van der Waals surface area contributed by atoms with Crippen molar-refractivity contribution in [3.8, 4) is 11.5 Å². The number of carbonyl (C=O) groups is 1. The second kappa shape index (κ2) is 6.46. The molecule has 0 saturated heterocycles. The minimum absolute atomic E-state index is 0.0238. The fraction of sp³-hybridized carbons (Fsp3) is 0.400. The molecule has 0 saturated carbocycles. The molecule has 0 aliphatic heterocycles. The number of ether oxygens (including phenoxy) is 2. The van der Waals surface area contributed by atoms with Crippen molar-refractivity contribution < 1.29 is 19.4 Å². The molecule has 1 N–H and O–H groups in total. The van der Waals surface area contributed by atoms with E-state index < -0.39 is 5.97 Å². The smallest absolute Gasteiger partial charge is 0.358 e. The Balaban J connectivity index is 2.42. The molecule has 7 heteroatoms. The third-order valence-corrected chi connectivity index (χ3v) is 3.30. The maximum Gasteiger partial charge on any atom is 0.358 e. The lowest BCUT2D eigenvalue weighted by atomic mass is 10.1. The first-order valence-corrected chi connectivity index (χ1v) is 6.86. The van der Waals surface area contributed by atoms with Gasteiger partial charge in [0.05, 0.1) is 19.9 Å². The lowest BCUT2D eigenvalue weighted by molar-refractivity contribution is 0.0689. The maximum atomic E-state index is 11.3. The zero-order chi connectivity index (χ0) is 16.3. The number of hydrogen-bond acceptors (Lipinski definition) is 5. The van der Waals surface area contributed by atoms with Crippen LogP contribution < -0.4 is 9.47 Å². The highest BCUT2D eigenvalue weighted by Gasteiger charge is 2.21. The van der Waals surface area contributed by atoms with Crippen molar-refractivity contribution in [1.82, 2.24) is 15.0 Å². The first kappa shape index (κ1) is 15.8. The highest BCUT2D eigenvalue weighted by molar-refractivity contribution is 5.86. The van der Waals surface area contributed by atoms with E-state index in [0.717, 1.165) is 5.56 Å². The van der Waals surface area contributed by atoms with E-state index >= 15 is 0 Å². The number of carboxylic acids is 1. The van der Waals surface area contributed by atoms with Gasteiger partial charge < -0.3 is 14.6 Å². The summed E-state index contributed by atoms with van der Waals surface area (Å²) >= 11 is 0. The van der Waals surface area contributed by atoms with Crippen LogP contribution in [0.4, 0.5) is 0 Å². The van der Waals surface area contributed by atoms with Gasteiger partial charge in [-0.1, -0.05) is 11.3 Å². The van der Waals surface area contributed by atoms with Crippen molar-refractivity contribution in [1.29, 1.82) is 0 Å². The van der Waals surface area contributed by atoms with Gasteiger partial charge in [0.1, 0.15) is 0 Å². The zero-order valence-electron chi connectivity index (χ0n) is 13.0. The quantitative estimate of drug-likeness (QED) is 0.880. The van der Waals surface area contributed by atoms with E-state index in [1.807, 2.05) is 26.0 Å². The van der Waals surface area contributed by atoms with Crippen LogP contribution in [0.3, 0.4) is 0 Å². The van der Waals surface area contributed by atoms with Crippen LogP contribution in [0.5, 0.6) is 11.5 Å². The minimum atomic E-state index is -1.08. The fourth-order valence-electron chi connectivity index (χ4n) is 2.24. The molecule has 0 spiro atoms. The molecule has 118 valence electrons. The van der Waals surface area contributed by atoms with Gasteiger partial charge in [0.2, 0.25) is 0 Å². The first-order valence-electron chi connectivity index (χ1n) is 6.86. The van der Waals surface area contributed by atoms with Crippen LogP contribution in [0, 0.1) is 0 Å². The molecule has 0 atom stereocenters. The van der Waals surface area contributed by atoms with E-state index in [0.29, 0.717) is 23.6 Å². The van der Waals surface area contributed by atoms with Gasteiger partial charge in [0.25, 0.3) is 0 Å². The summed E-state index contributed by atoms with van der Waals surface area (Å²) < 4.78 is 12.1. The van der Waals surface area contributed by atoms with Gasteiger partial charge in [0, 0.05) is 12.5 Å². The van der Waals surface area contributed by atoms with Gasteiger partial charge in [0.15, 0.2) is 17.2 Å². The molecule has 0 fully saturated rings. The topological polar surface area (TPSA) is 86.5 Å². The number of carboxylic acid groups (broad SMARTS) is 1. The Kier molecular flexibility index (Phi) is 4.65. The summed E-state index contributed by atoms with van der Waals surface area (Å²) in [6.07, 6.45) is 0.396. The van der Waals surface area contributed by atoms with Crippen molar-refractivity contribution in [2.24, 2.45) is 0 Å². The summed E-state index contributed by atoms with van der Waals surface area (Å²) in [6.45, 7) is 3.86. The first-order chi connectivity index (χ1) is 10.5. The lowest BCUT2D eigenvalue weighted by Gasteiger charge is -2.12. The van der Waals surface area contributed by atoms with Crippen LogP contribution in [0.1, 0.15) is 41.6 Å². The summed E-state index contributed by atoms with van der Waals surface area (Å²) in [6, 6.07) is 5.50. The second-order valence-electron chi connectivity index (χ2n) is 5.09. The van der Waals surface area contributed by atoms with Crippen LogP contribution in [0.2, 0.25) is 0 Å². The van der Waals surface area contributed by atoms with Crippen molar-refractivity contribution in [3.05, 3.63) is 35.2 Å². The molecule has 2 rings (SSSR count). The summed E-state index contributed by atoms with van der Waals surface area (Å²) in [5, 5.41) is 17.0. The highest BCUT2D eigenvalue weighted by atomic mass is 16.5. The Hall–Kier alpha value is -2.57. The molecular formula is C15H19N3O4. The van der Waals surface area contributed by atoms with Crippen LogP contribution in [-0.4, -0.2) is 40.3 Å². The van der Waals surface area contributed by atoms with Gasteiger partial charge in [-0.25, -0.2) is 9.48 Å². The van der Waals surface area contributed by atoms with Crippen LogP contribution >= 0.6 is 0 Å². The zero-order valence-corrected chi connectivity index (χ0v) is 13.0. The maximum absolute atomic E-state index is 11.3. The normalized spacial score (nSPS) is 10.8. The Morgan fingerprint density at radius 3 is 2.50 bits per heavy atom. The summed E-state index contributed by atoms with van der Waals surface area (Å²) in [7, 11) is 3.13. The molecule has 1 heterocycles. The fourth-order valence-corrected chi connectivity index (χ4v) is 2.24. The summed E-state index contributed by atoms with van der Waals surface area (Å²) in [4.78, 5) is 11.3. The number of aromatic carboxylic acids is 1. The van der Waals surface area contributed by atoms with Crippen molar-refractivity contribution in [2.75, 3.05) is 14.2 Å². The standard InChI is InChI=1S/C15H19N3O4/c1-9(2)18-11(14(15(19)20)16-17-18)7-10-5-6-12(21-3)13(8-10)22-4/h5-6,8-9H,7H2,1-4H3,(H,19,20).